The highest BCUT2D eigenvalue weighted by atomic mass is 16.4. The minimum absolute atomic E-state index is 0.0968. The number of carbonyl (C=O) groups excluding carboxylic acids is 1. The summed E-state index contributed by atoms with van der Waals surface area (Å²) in [6.07, 6.45) is 2.63. The molecular weight excluding hydrogens is 256 g/mol. The van der Waals surface area contributed by atoms with Gasteiger partial charge in [0.1, 0.15) is 0 Å². The van der Waals surface area contributed by atoms with Crippen molar-refractivity contribution < 1.29 is 14.7 Å². The fraction of sp³-hybridized carbons (Fsp3) is 0.467. The molecule has 4 N–H and O–H groups in total. The van der Waals surface area contributed by atoms with Crippen LogP contribution < -0.4 is 11.1 Å². The molecule has 0 spiro atoms. The quantitative estimate of drug-likeness (QED) is 0.788. The van der Waals surface area contributed by atoms with Gasteiger partial charge < -0.3 is 16.2 Å². The molecule has 5 heteroatoms. The number of benzene rings is 1. The molecular formula is C15H20N2O3. The molecule has 2 atom stereocenters. The summed E-state index contributed by atoms with van der Waals surface area (Å²) in [4.78, 5) is 23.4. The van der Waals surface area contributed by atoms with E-state index < -0.39 is 5.97 Å². The molecule has 2 unspecified atom stereocenters. The molecule has 1 saturated carbocycles. The Hall–Kier alpha value is -1.88. The van der Waals surface area contributed by atoms with E-state index in [1.807, 2.05) is 6.92 Å². The first-order valence-electron chi connectivity index (χ1n) is 6.81. The van der Waals surface area contributed by atoms with E-state index in [-0.39, 0.29) is 23.4 Å². The molecule has 108 valence electrons. The molecule has 0 heterocycles. The Morgan fingerprint density at radius 1 is 1.30 bits per heavy atom. The molecule has 1 amide bonds. The molecule has 2 rings (SSSR count). The zero-order chi connectivity index (χ0) is 14.9. The molecule has 20 heavy (non-hydrogen) atoms. The lowest BCUT2D eigenvalue weighted by Gasteiger charge is -2.16. The average molecular weight is 276 g/mol. The third-order valence-corrected chi connectivity index (χ3v) is 4.07. The maximum atomic E-state index is 12.2. The number of hydrogen-bond acceptors (Lipinski definition) is 3. The molecule has 1 aliphatic rings. The SMILES string of the molecule is Cc1cc(NC(=O)C2CCCC2N)cc(C(=O)O)c1C. The largest absolute Gasteiger partial charge is 0.478 e. The predicted octanol–water partition coefficient (Wildman–Crippen LogP) is 2.07. The van der Waals surface area contributed by atoms with Gasteiger partial charge in [-0.25, -0.2) is 4.79 Å². The van der Waals surface area contributed by atoms with E-state index in [1.165, 1.54) is 6.07 Å². The first-order chi connectivity index (χ1) is 9.40. The summed E-state index contributed by atoms with van der Waals surface area (Å²) in [5, 5.41) is 12.0. The van der Waals surface area contributed by atoms with Gasteiger partial charge >= 0.3 is 5.97 Å². The lowest BCUT2D eigenvalue weighted by molar-refractivity contribution is -0.120. The number of anilines is 1. The molecule has 1 aromatic carbocycles. The van der Waals surface area contributed by atoms with Gasteiger partial charge in [-0.05, 0) is 49.9 Å². The minimum Gasteiger partial charge on any atom is -0.478 e. The van der Waals surface area contributed by atoms with Gasteiger partial charge in [0.15, 0.2) is 0 Å². The number of nitrogens with two attached hydrogens (primary N) is 1. The van der Waals surface area contributed by atoms with Crippen LogP contribution in [0.5, 0.6) is 0 Å². The maximum Gasteiger partial charge on any atom is 0.336 e. The topological polar surface area (TPSA) is 92.4 Å². The molecule has 1 aromatic rings. The highest BCUT2D eigenvalue weighted by Crippen LogP contribution is 2.26. The van der Waals surface area contributed by atoms with Crippen LogP contribution in [0.15, 0.2) is 12.1 Å². The Labute approximate surface area is 118 Å². The van der Waals surface area contributed by atoms with Crippen LogP contribution in [-0.4, -0.2) is 23.0 Å². The van der Waals surface area contributed by atoms with Gasteiger partial charge in [-0.3, -0.25) is 4.79 Å². The van der Waals surface area contributed by atoms with Crippen LogP contribution in [0.25, 0.3) is 0 Å². The van der Waals surface area contributed by atoms with E-state index in [2.05, 4.69) is 5.32 Å². The van der Waals surface area contributed by atoms with Crippen molar-refractivity contribution in [2.45, 2.75) is 39.2 Å². The van der Waals surface area contributed by atoms with Gasteiger partial charge in [0.05, 0.1) is 11.5 Å². The van der Waals surface area contributed by atoms with Crippen molar-refractivity contribution in [1.82, 2.24) is 0 Å². The maximum absolute atomic E-state index is 12.2. The Bertz CT molecular complexity index is 554. The van der Waals surface area contributed by atoms with Crippen LogP contribution in [0, 0.1) is 19.8 Å². The van der Waals surface area contributed by atoms with Gasteiger partial charge in [0, 0.05) is 11.7 Å². The zero-order valence-corrected chi connectivity index (χ0v) is 11.8. The number of aryl methyl sites for hydroxylation is 1. The van der Waals surface area contributed by atoms with Crippen LogP contribution in [0.3, 0.4) is 0 Å². The number of aromatic carboxylic acids is 1. The molecule has 1 aliphatic carbocycles. The lowest BCUT2D eigenvalue weighted by atomic mass is 10.0. The van der Waals surface area contributed by atoms with E-state index in [0.29, 0.717) is 11.3 Å². The summed E-state index contributed by atoms with van der Waals surface area (Å²) in [6.45, 7) is 3.59. The molecule has 0 bridgehead atoms. The third kappa shape index (κ3) is 2.82. The Morgan fingerprint density at radius 2 is 2.00 bits per heavy atom. The first kappa shape index (κ1) is 14.5. The first-order valence-corrected chi connectivity index (χ1v) is 6.81. The van der Waals surface area contributed by atoms with Crippen LogP contribution in [-0.2, 0) is 4.79 Å². The smallest absolute Gasteiger partial charge is 0.336 e. The number of carboxylic acid groups (broad SMARTS) is 1. The molecule has 0 aromatic heterocycles. The molecule has 0 radical (unpaired) electrons. The molecule has 0 saturated heterocycles. The van der Waals surface area contributed by atoms with Crippen molar-refractivity contribution in [3.8, 4) is 0 Å². The van der Waals surface area contributed by atoms with Crippen molar-refractivity contribution >= 4 is 17.6 Å². The average Bonchev–Trinajstić information content (AvgIpc) is 2.79. The Balaban J connectivity index is 2.21. The molecule has 1 fully saturated rings. The number of amides is 1. The predicted molar refractivity (Wildman–Crippen MR) is 76.8 cm³/mol. The second kappa shape index (κ2) is 5.63. The van der Waals surface area contributed by atoms with Gasteiger partial charge in [-0.2, -0.15) is 0 Å². The number of carbonyl (C=O) groups is 2. The van der Waals surface area contributed by atoms with Gasteiger partial charge in [-0.1, -0.05) is 6.42 Å². The minimum atomic E-state index is -0.987. The summed E-state index contributed by atoms with van der Waals surface area (Å²) in [6, 6.07) is 3.20. The van der Waals surface area contributed by atoms with Crippen LogP contribution in [0.1, 0.15) is 40.7 Å². The summed E-state index contributed by atoms with van der Waals surface area (Å²) in [7, 11) is 0. The standard InChI is InChI=1S/C15H20N2O3/c1-8-6-10(7-12(9(8)2)15(19)20)17-14(18)11-4-3-5-13(11)16/h6-7,11,13H,3-5,16H2,1-2H3,(H,17,18)(H,19,20). The summed E-state index contributed by atoms with van der Waals surface area (Å²) < 4.78 is 0. The highest BCUT2D eigenvalue weighted by Gasteiger charge is 2.30. The number of rotatable bonds is 3. The van der Waals surface area contributed by atoms with Gasteiger partial charge in [0.2, 0.25) is 5.91 Å². The van der Waals surface area contributed by atoms with Crippen molar-refractivity contribution in [3.63, 3.8) is 0 Å². The summed E-state index contributed by atoms with van der Waals surface area (Å²) in [5.74, 6) is -1.28. The monoisotopic (exact) mass is 276 g/mol. The Morgan fingerprint density at radius 3 is 2.55 bits per heavy atom. The van der Waals surface area contributed by atoms with Crippen LogP contribution >= 0.6 is 0 Å². The molecule has 5 nitrogen and oxygen atoms in total. The molecule has 0 aliphatic heterocycles. The van der Waals surface area contributed by atoms with Crippen molar-refractivity contribution in [1.29, 1.82) is 0 Å². The van der Waals surface area contributed by atoms with Gasteiger partial charge in [0.25, 0.3) is 0 Å². The van der Waals surface area contributed by atoms with E-state index in [4.69, 9.17) is 10.8 Å². The fourth-order valence-corrected chi connectivity index (χ4v) is 2.70. The normalized spacial score (nSPS) is 21.8. The highest BCUT2D eigenvalue weighted by molar-refractivity contribution is 5.96. The zero-order valence-electron chi connectivity index (χ0n) is 11.8. The summed E-state index contributed by atoms with van der Waals surface area (Å²) in [5.41, 5.74) is 8.21. The van der Waals surface area contributed by atoms with Crippen molar-refractivity contribution in [2.24, 2.45) is 11.7 Å². The number of carboxylic acids is 1. The van der Waals surface area contributed by atoms with E-state index in [9.17, 15) is 9.59 Å². The second-order valence-electron chi connectivity index (χ2n) is 5.46. The van der Waals surface area contributed by atoms with Gasteiger partial charge in [-0.15, -0.1) is 0 Å². The van der Waals surface area contributed by atoms with Crippen LogP contribution in [0.2, 0.25) is 0 Å². The van der Waals surface area contributed by atoms with Crippen molar-refractivity contribution in [3.05, 3.63) is 28.8 Å². The second-order valence-corrected chi connectivity index (χ2v) is 5.46. The number of nitrogens with one attached hydrogen (secondary N) is 1. The van der Waals surface area contributed by atoms with E-state index >= 15 is 0 Å². The summed E-state index contributed by atoms with van der Waals surface area (Å²) >= 11 is 0. The van der Waals surface area contributed by atoms with Crippen LogP contribution in [0.4, 0.5) is 5.69 Å². The van der Waals surface area contributed by atoms with E-state index in [0.717, 1.165) is 24.8 Å². The van der Waals surface area contributed by atoms with Crippen molar-refractivity contribution in [2.75, 3.05) is 5.32 Å². The van der Waals surface area contributed by atoms with E-state index in [1.54, 1.807) is 13.0 Å². The lowest BCUT2D eigenvalue weighted by Crippen LogP contribution is -2.34. The number of hydrogen-bond donors (Lipinski definition) is 3. The Kier molecular flexibility index (Phi) is 4.09. The fourth-order valence-electron chi connectivity index (χ4n) is 2.70. The third-order valence-electron chi connectivity index (χ3n) is 4.07.